The first-order valence-corrected chi connectivity index (χ1v) is 10.1. The highest BCUT2D eigenvalue weighted by molar-refractivity contribution is 7.85. The van der Waals surface area contributed by atoms with Gasteiger partial charge in [0.25, 0.3) is 0 Å². The fourth-order valence-electron chi connectivity index (χ4n) is 2.88. The summed E-state index contributed by atoms with van der Waals surface area (Å²) in [4.78, 5) is 8.89. The molecule has 0 bridgehead atoms. The lowest BCUT2D eigenvalue weighted by Crippen LogP contribution is -2.08. The van der Waals surface area contributed by atoms with Crippen molar-refractivity contribution in [1.82, 2.24) is 0 Å². The number of aryl methyl sites for hydroxylation is 3. The summed E-state index contributed by atoms with van der Waals surface area (Å²) in [5.74, 6) is 0.211. The Hall–Kier alpha value is -3.06. The SMILES string of the molecule is Cc1cc(C)c(N=CC2=CCC(/C=N/S(=O)(=O)Oc3ccccc3)=N2)c(C)c1. The summed E-state index contributed by atoms with van der Waals surface area (Å²) in [5, 5.41) is 0. The van der Waals surface area contributed by atoms with E-state index in [4.69, 9.17) is 4.18 Å². The normalized spacial score (nSPS) is 14.5. The van der Waals surface area contributed by atoms with Crippen molar-refractivity contribution >= 4 is 34.1 Å². The second-order valence-electron chi connectivity index (χ2n) is 6.50. The molecule has 0 aromatic heterocycles. The van der Waals surface area contributed by atoms with Crippen LogP contribution < -0.4 is 4.18 Å². The molecule has 1 aliphatic heterocycles. The summed E-state index contributed by atoms with van der Waals surface area (Å²) in [6.07, 6.45) is 5.24. The minimum atomic E-state index is -4.08. The van der Waals surface area contributed by atoms with Crippen molar-refractivity contribution in [3.8, 4) is 5.75 Å². The maximum absolute atomic E-state index is 11.9. The van der Waals surface area contributed by atoms with Gasteiger partial charge in [-0.05, 0) is 44.0 Å². The highest BCUT2D eigenvalue weighted by Crippen LogP contribution is 2.25. The highest BCUT2D eigenvalue weighted by atomic mass is 32.2. The molecule has 0 amide bonds. The molecule has 0 saturated carbocycles. The third-order valence-electron chi connectivity index (χ3n) is 4.03. The third kappa shape index (κ3) is 5.23. The summed E-state index contributed by atoms with van der Waals surface area (Å²) in [6.45, 7) is 6.10. The van der Waals surface area contributed by atoms with E-state index >= 15 is 0 Å². The van der Waals surface area contributed by atoms with Gasteiger partial charge >= 0.3 is 10.3 Å². The van der Waals surface area contributed by atoms with Gasteiger partial charge in [0.2, 0.25) is 0 Å². The zero-order valence-corrected chi connectivity index (χ0v) is 16.8. The van der Waals surface area contributed by atoms with Gasteiger partial charge in [-0.25, -0.2) is 0 Å². The molecule has 2 aromatic rings. The lowest BCUT2D eigenvalue weighted by Gasteiger charge is -2.06. The molecular weight excluding hydrogens is 374 g/mol. The van der Waals surface area contributed by atoms with Crippen LogP contribution in [0.4, 0.5) is 5.69 Å². The zero-order valence-electron chi connectivity index (χ0n) is 16.0. The zero-order chi connectivity index (χ0) is 20.1. The fraction of sp³-hybridized carbons (Fsp3) is 0.190. The molecule has 2 aromatic carbocycles. The number of hydrogen-bond donors (Lipinski definition) is 0. The molecule has 144 valence electrons. The van der Waals surface area contributed by atoms with E-state index in [0.29, 0.717) is 17.8 Å². The molecule has 0 atom stereocenters. The van der Waals surface area contributed by atoms with E-state index in [1.165, 1.54) is 11.8 Å². The molecule has 0 radical (unpaired) electrons. The Morgan fingerprint density at radius 2 is 1.71 bits per heavy atom. The van der Waals surface area contributed by atoms with Gasteiger partial charge in [-0.1, -0.05) is 42.0 Å². The average molecular weight is 395 g/mol. The predicted octanol–water partition coefficient (Wildman–Crippen LogP) is 4.44. The third-order valence-corrected chi connectivity index (χ3v) is 4.80. The predicted molar refractivity (Wildman–Crippen MR) is 113 cm³/mol. The minimum absolute atomic E-state index is 0.211. The number of aliphatic imine (C=N–C) groups is 2. The monoisotopic (exact) mass is 395 g/mol. The van der Waals surface area contributed by atoms with Crippen LogP contribution in [0.3, 0.4) is 0 Å². The Balaban J connectivity index is 1.67. The van der Waals surface area contributed by atoms with Crippen molar-refractivity contribution in [2.24, 2.45) is 14.4 Å². The highest BCUT2D eigenvalue weighted by Gasteiger charge is 2.12. The number of rotatable bonds is 6. The van der Waals surface area contributed by atoms with Crippen LogP contribution in [0.25, 0.3) is 0 Å². The van der Waals surface area contributed by atoms with E-state index in [1.807, 2.05) is 19.9 Å². The molecule has 6 nitrogen and oxygen atoms in total. The quantitative estimate of drug-likeness (QED) is 0.678. The van der Waals surface area contributed by atoms with Crippen LogP contribution in [0.2, 0.25) is 0 Å². The van der Waals surface area contributed by atoms with Crippen LogP contribution in [-0.4, -0.2) is 26.6 Å². The molecule has 3 rings (SSSR count). The molecule has 0 spiro atoms. The van der Waals surface area contributed by atoms with E-state index in [9.17, 15) is 8.42 Å². The van der Waals surface area contributed by atoms with Crippen LogP contribution in [0.5, 0.6) is 5.75 Å². The lowest BCUT2D eigenvalue weighted by atomic mass is 10.1. The number of allylic oxidation sites excluding steroid dienone is 2. The van der Waals surface area contributed by atoms with E-state index < -0.39 is 10.3 Å². The lowest BCUT2D eigenvalue weighted by molar-refractivity contribution is 0.488. The second-order valence-corrected chi connectivity index (χ2v) is 7.73. The smallest absolute Gasteiger partial charge is 0.366 e. The van der Waals surface area contributed by atoms with Gasteiger partial charge in [-0.3, -0.25) is 9.98 Å². The molecule has 1 heterocycles. The maximum atomic E-state index is 11.9. The van der Waals surface area contributed by atoms with E-state index in [1.54, 1.807) is 36.5 Å². The van der Waals surface area contributed by atoms with Crippen molar-refractivity contribution in [3.05, 3.63) is 70.9 Å². The van der Waals surface area contributed by atoms with E-state index in [-0.39, 0.29) is 5.75 Å². The van der Waals surface area contributed by atoms with Gasteiger partial charge in [0, 0.05) is 6.42 Å². The average Bonchev–Trinajstić information content (AvgIpc) is 3.08. The summed E-state index contributed by atoms with van der Waals surface area (Å²) in [7, 11) is -4.08. The molecule has 0 N–H and O–H groups in total. The van der Waals surface area contributed by atoms with E-state index in [0.717, 1.165) is 16.8 Å². The Bertz CT molecular complexity index is 1080. The van der Waals surface area contributed by atoms with Gasteiger partial charge in [-0.2, -0.15) is 8.42 Å². The van der Waals surface area contributed by atoms with Crippen molar-refractivity contribution in [1.29, 1.82) is 0 Å². The Morgan fingerprint density at radius 3 is 2.39 bits per heavy atom. The van der Waals surface area contributed by atoms with Crippen LogP contribution >= 0.6 is 0 Å². The summed E-state index contributed by atoms with van der Waals surface area (Å²) >= 11 is 0. The van der Waals surface area contributed by atoms with Gasteiger partial charge in [-0.15, -0.1) is 4.40 Å². The summed E-state index contributed by atoms with van der Waals surface area (Å²) < 4.78 is 32.3. The van der Waals surface area contributed by atoms with Gasteiger partial charge < -0.3 is 4.18 Å². The molecule has 0 unspecified atom stereocenters. The standard InChI is InChI=1S/C21H21N3O3S/c1-15-11-16(2)21(17(3)12-15)22-13-18-9-10-19(24-18)14-23-28(25,26)27-20-7-5-4-6-8-20/h4-9,11-14H,10H2,1-3H3/b22-13?,23-14+. The van der Waals surface area contributed by atoms with Gasteiger partial charge in [0.1, 0.15) is 5.75 Å². The molecule has 0 fully saturated rings. The van der Waals surface area contributed by atoms with Crippen molar-refractivity contribution in [2.75, 3.05) is 0 Å². The summed E-state index contributed by atoms with van der Waals surface area (Å²) in [5.41, 5.74) is 5.51. The fourth-order valence-corrected chi connectivity index (χ4v) is 3.53. The van der Waals surface area contributed by atoms with Gasteiger partial charge in [0.05, 0.1) is 29.5 Å². The van der Waals surface area contributed by atoms with E-state index in [2.05, 4.69) is 33.4 Å². The first-order chi connectivity index (χ1) is 13.3. The molecule has 0 saturated heterocycles. The summed E-state index contributed by atoms with van der Waals surface area (Å²) in [6, 6.07) is 12.4. The van der Waals surface area contributed by atoms with Crippen LogP contribution in [-0.2, 0) is 10.3 Å². The van der Waals surface area contributed by atoms with Crippen LogP contribution in [0.15, 0.2) is 68.6 Å². The van der Waals surface area contributed by atoms with Crippen LogP contribution in [0.1, 0.15) is 23.1 Å². The maximum Gasteiger partial charge on any atom is 0.428 e. The number of nitrogens with zero attached hydrogens (tertiary/aromatic N) is 3. The molecule has 0 aliphatic carbocycles. The Morgan fingerprint density at radius 1 is 1.04 bits per heavy atom. The first-order valence-electron chi connectivity index (χ1n) is 8.77. The number of benzene rings is 2. The molecule has 28 heavy (non-hydrogen) atoms. The van der Waals surface area contributed by atoms with Crippen molar-refractivity contribution in [3.63, 3.8) is 0 Å². The molecule has 7 heteroatoms. The Kier molecular flexibility index (Phi) is 5.84. The largest absolute Gasteiger partial charge is 0.428 e. The van der Waals surface area contributed by atoms with Crippen LogP contribution in [0, 0.1) is 20.8 Å². The van der Waals surface area contributed by atoms with Crippen molar-refractivity contribution in [2.45, 2.75) is 27.2 Å². The Labute approximate surface area is 165 Å². The minimum Gasteiger partial charge on any atom is -0.366 e. The number of hydrogen-bond acceptors (Lipinski definition) is 5. The topological polar surface area (TPSA) is 80.5 Å². The first kappa shape index (κ1) is 19.7. The van der Waals surface area contributed by atoms with Gasteiger partial charge in [0.15, 0.2) is 0 Å². The van der Waals surface area contributed by atoms with Crippen molar-refractivity contribution < 1.29 is 12.6 Å². The number of para-hydroxylation sites is 1. The molecular formula is C21H21N3O3S. The molecule has 1 aliphatic rings. The second kappa shape index (κ2) is 8.31.